The lowest BCUT2D eigenvalue weighted by atomic mass is 10.0. The highest BCUT2D eigenvalue weighted by atomic mass is 16.5. The first-order valence-electron chi connectivity index (χ1n) is 9.73. The van der Waals surface area contributed by atoms with Crippen molar-refractivity contribution in [3.05, 3.63) is 47.5 Å². The number of hydrogen-bond acceptors (Lipinski definition) is 6. The Kier molecular flexibility index (Phi) is 6.82. The van der Waals surface area contributed by atoms with Gasteiger partial charge in [-0.3, -0.25) is 9.69 Å². The van der Waals surface area contributed by atoms with Crippen molar-refractivity contribution in [2.45, 2.75) is 25.4 Å². The van der Waals surface area contributed by atoms with Gasteiger partial charge in [0.25, 0.3) is 5.91 Å². The summed E-state index contributed by atoms with van der Waals surface area (Å²) < 4.78 is 16.0. The fourth-order valence-electron chi connectivity index (χ4n) is 3.71. The number of rotatable bonds is 7. The predicted octanol–water partition coefficient (Wildman–Crippen LogP) is 2.69. The highest BCUT2D eigenvalue weighted by Crippen LogP contribution is 2.43. The lowest BCUT2D eigenvalue weighted by molar-refractivity contribution is 0.0909. The molecule has 1 fully saturated rings. The number of benzene rings is 2. The monoisotopic (exact) mass is 399 g/mol. The van der Waals surface area contributed by atoms with Crippen molar-refractivity contribution in [2.24, 2.45) is 0 Å². The van der Waals surface area contributed by atoms with Crippen LogP contribution in [-0.4, -0.2) is 51.3 Å². The third kappa shape index (κ3) is 4.74. The molecule has 1 heterocycles. The molecule has 1 amide bonds. The Morgan fingerprint density at radius 1 is 1.07 bits per heavy atom. The molecule has 0 aliphatic carbocycles. The molecule has 0 atom stereocenters. The zero-order valence-corrected chi connectivity index (χ0v) is 17.2. The van der Waals surface area contributed by atoms with Gasteiger partial charge < -0.3 is 25.3 Å². The van der Waals surface area contributed by atoms with Crippen LogP contribution in [0.15, 0.2) is 36.4 Å². The van der Waals surface area contributed by atoms with Crippen molar-refractivity contribution in [3.8, 4) is 17.2 Å². The van der Waals surface area contributed by atoms with Gasteiger partial charge in [0, 0.05) is 25.7 Å². The zero-order valence-electron chi connectivity index (χ0n) is 17.2. The van der Waals surface area contributed by atoms with Gasteiger partial charge >= 0.3 is 0 Å². The molecule has 0 aromatic heterocycles. The summed E-state index contributed by atoms with van der Waals surface area (Å²) in [5.41, 5.74) is 8.05. The molecule has 0 spiro atoms. The standard InChI is InChI=1S/C22H29N3O4/c1-27-18-13-17(19(23)21(29-3)20(18)28-2)22(26)24-16-9-11-25(12-10-16)14-15-7-5-4-6-8-15/h4-8,13,16H,9-12,14,23H2,1-3H3,(H,24,26). The van der Waals surface area contributed by atoms with Crippen LogP contribution in [0.25, 0.3) is 0 Å². The van der Waals surface area contributed by atoms with E-state index in [1.54, 1.807) is 6.07 Å². The minimum absolute atomic E-state index is 0.105. The maximum atomic E-state index is 12.9. The van der Waals surface area contributed by atoms with E-state index in [2.05, 4.69) is 34.5 Å². The fraction of sp³-hybridized carbons (Fsp3) is 0.409. The van der Waals surface area contributed by atoms with E-state index in [-0.39, 0.29) is 17.6 Å². The lowest BCUT2D eigenvalue weighted by Gasteiger charge is -2.32. The number of ether oxygens (including phenoxy) is 3. The number of anilines is 1. The van der Waals surface area contributed by atoms with Gasteiger partial charge in [-0.1, -0.05) is 30.3 Å². The molecule has 2 aromatic carbocycles. The topological polar surface area (TPSA) is 86.1 Å². The van der Waals surface area contributed by atoms with Gasteiger partial charge in [-0.2, -0.15) is 0 Å². The smallest absolute Gasteiger partial charge is 0.253 e. The summed E-state index contributed by atoms with van der Waals surface area (Å²) in [5, 5.41) is 3.10. The van der Waals surface area contributed by atoms with Crippen molar-refractivity contribution < 1.29 is 19.0 Å². The Labute approximate surface area is 171 Å². The van der Waals surface area contributed by atoms with E-state index in [0.717, 1.165) is 32.5 Å². The molecular formula is C22H29N3O4. The average molecular weight is 399 g/mol. The Morgan fingerprint density at radius 3 is 2.31 bits per heavy atom. The van der Waals surface area contributed by atoms with E-state index >= 15 is 0 Å². The number of nitrogens with one attached hydrogen (secondary N) is 1. The number of methoxy groups -OCH3 is 3. The van der Waals surface area contributed by atoms with Crippen molar-refractivity contribution >= 4 is 11.6 Å². The van der Waals surface area contributed by atoms with E-state index in [1.807, 2.05) is 6.07 Å². The first kappa shape index (κ1) is 20.8. The molecule has 0 bridgehead atoms. The van der Waals surface area contributed by atoms with E-state index in [4.69, 9.17) is 19.9 Å². The molecule has 7 heteroatoms. The Morgan fingerprint density at radius 2 is 1.72 bits per heavy atom. The van der Waals surface area contributed by atoms with Crippen LogP contribution >= 0.6 is 0 Å². The minimum atomic E-state index is -0.233. The van der Waals surface area contributed by atoms with Gasteiger partial charge in [0.05, 0.1) is 32.6 Å². The molecule has 1 saturated heterocycles. The van der Waals surface area contributed by atoms with Crippen LogP contribution in [0.3, 0.4) is 0 Å². The third-order valence-corrected chi connectivity index (χ3v) is 5.28. The van der Waals surface area contributed by atoms with Crippen molar-refractivity contribution in [3.63, 3.8) is 0 Å². The second kappa shape index (κ2) is 9.52. The number of amides is 1. The number of nitrogens with two attached hydrogens (primary N) is 1. The number of carbonyl (C=O) groups is 1. The van der Waals surface area contributed by atoms with E-state index in [0.29, 0.717) is 22.8 Å². The van der Waals surface area contributed by atoms with Gasteiger partial charge in [-0.25, -0.2) is 0 Å². The van der Waals surface area contributed by atoms with E-state index in [9.17, 15) is 4.79 Å². The van der Waals surface area contributed by atoms with Crippen molar-refractivity contribution in [2.75, 3.05) is 40.2 Å². The predicted molar refractivity (Wildman–Crippen MR) is 113 cm³/mol. The first-order chi connectivity index (χ1) is 14.1. The molecule has 7 nitrogen and oxygen atoms in total. The van der Waals surface area contributed by atoms with Crippen LogP contribution in [-0.2, 0) is 6.54 Å². The number of nitrogens with zero attached hydrogens (tertiary/aromatic N) is 1. The van der Waals surface area contributed by atoms with Gasteiger partial charge in [-0.15, -0.1) is 0 Å². The highest BCUT2D eigenvalue weighted by molar-refractivity contribution is 6.02. The largest absolute Gasteiger partial charge is 0.493 e. The summed E-state index contributed by atoms with van der Waals surface area (Å²) in [6.07, 6.45) is 1.78. The first-order valence-corrected chi connectivity index (χ1v) is 9.73. The lowest BCUT2D eigenvalue weighted by Crippen LogP contribution is -2.44. The molecule has 156 valence electrons. The Bertz CT molecular complexity index is 834. The molecule has 3 N–H and O–H groups in total. The second-order valence-electron chi connectivity index (χ2n) is 7.12. The third-order valence-electron chi connectivity index (χ3n) is 5.28. The number of nitrogen functional groups attached to an aromatic ring is 1. The summed E-state index contributed by atoms with van der Waals surface area (Å²) >= 11 is 0. The van der Waals surface area contributed by atoms with Gasteiger partial charge in [0.2, 0.25) is 5.75 Å². The maximum absolute atomic E-state index is 12.9. The number of likely N-dealkylation sites (tertiary alicyclic amines) is 1. The summed E-state index contributed by atoms with van der Waals surface area (Å²) in [6, 6.07) is 12.1. The molecule has 29 heavy (non-hydrogen) atoms. The van der Waals surface area contributed by atoms with Crippen LogP contribution < -0.4 is 25.3 Å². The fourth-order valence-corrected chi connectivity index (χ4v) is 3.71. The highest BCUT2D eigenvalue weighted by Gasteiger charge is 2.26. The normalized spacial score (nSPS) is 15.0. The van der Waals surface area contributed by atoms with Crippen molar-refractivity contribution in [1.82, 2.24) is 10.2 Å². The molecule has 0 unspecified atom stereocenters. The molecule has 1 aliphatic heterocycles. The molecule has 2 aromatic rings. The Balaban J connectivity index is 1.64. The second-order valence-corrected chi connectivity index (χ2v) is 7.12. The number of carbonyl (C=O) groups excluding carboxylic acids is 1. The summed E-state index contributed by atoms with van der Waals surface area (Å²) in [7, 11) is 4.50. The molecule has 0 saturated carbocycles. The van der Waals surface area contributed by atoms with Gasteiger partial charge in [-0.05, 0) is 24.5 Å². The average Bonchev–Trinajstić information content (AvgIpc) is 2.75. The maximum Gasteiger partial charge on any atom is 0.253 e. The van der Waals surface area contributed by atoms with E-state index < -0.39 is 0 Å². The number of piperidine rings is 1. The van der Waals surface area contributed by atoms with Crippen LogP contribution in [0.1, 0.15) is 28.8 Å². The summed E-state index contributed by atoms with van der Waals surface area (Å²) in [6.45, 7) is 2.80. The minimum Gasteiger partial charge on any atom is -0.493 e. The molecule has 0 radical (unpaired) electrons. The van der Waals surface area contributed by atoms with Gasteiger partial charge in [0.15, 0.2) is 11.5 Å². The SMILES string of the molecule is COc1cc(C(=O)NC2CCN(Cc3ccccc3)CC2)c(N)c(OC)c1OC. The van der Waals surface area contributed by atoms with E-state index in [1.165, 1.54) is 26.9 Å². The van der Waals surface area contributed by atoms with Crippen molar-refractivity contribution in [1.29, 1.82) is 0 Å². The molecular weight excluding hydrogens is 370 g/mol. The van der Waals surface area contributed by atoms with Gasteiger partial charge in [0.1, 0.15) is 0 Å². The van der Waals surface area contributed by atoms with Crippen LogP contribution in [0.5, 0.6) is 17.2 Å². The number of hydrogen-bond donors (Lipinski definition) is 2. The van der Waals surface area contributed by atoms with Crippen LogP contribution in [0, 0.1) is 0 Å². The molecule has 1 aliphatic rings. The van der Waals surface area contributed by atoms with Crippen LogP contribution in [0.4, 0.5) is 5.69 Å². The molecule has 3 rings (SSSR count). The summed E-state index contributed by atoms with van der Waals surface area (Å²) in [4.78, 5) is 15.3. The summed E-state index contributed by atoms with van der Waals surface area (Å²) in [5.74, 6) is 0.845. The zero-order chi connectivity index (χ0) is 20.8. The Hall–Kier alpha value is -2.93. The van der Waals surface area contributed by atoms with Crippen LogP contribution in [0.2, 0.25) is 0 Å². The quantitative estimate of drug-likeness (QED) is 0.697.